The number of hydrogen-bond acceptors (Lipinski definition) is 5. The molecule has 1 unspecified atom stereocenters. The van der Waals surface area contributed by atoms with Gasteiger partial charge >= 0.3 is 12.2 Å². The molecule has 3 aliphatic rings. The summed E-state index contributed by atoms with van der Waals surface area (Å²) in [5, 5.41) is 9.25. The molecule has 39 heavy (non-hydrogen) atoms. The number of carbonyl (C=O) groups excluding carboxylic acids is 3. The molecule has 0 saturated carbocycles. The quantitative estimate of drug-likeness (QED) is 0.523. The van der Waals surface area contributed by atoms with Crippen molar-refractivity contribution >= 4 is 35.2 Å². The first-order valence-electron chi connectivity index (χ1n) is 12.6. The topological polar surface area (TPSA) is 84.7 Å². The second-order valence-electron chi connectivity index (χ2n) is 9.56. The minimum atomic E-state index is -4.62. The van der Waals surface area contributed by atoms with Gasteiger partial charge in [0.1, 0.15) is 6.54 Å². The van der Waals surface area contributed by atoms with Crippen molar-refractivity contribution in [2.75, 3.05) is 36.0 Å². The molecule has 1 atom stereocenters. The Hall–Kier alpha value is -3.78. The first kappa shape index (κ1) is 26.8. The number of anilines is 1. The van der Waals surface area contributed by atoms with Crippen LogP contribution in [0.1, 0.15) is 42.0 Å². The van der Waals surface area contributed by atoms with Crippen LogP contribution >= 0.6 is 11.8 Å². The molecule has 0 N–H and O–H groups in total. The summed E-state index contributed by atoms with van der Waals surface area (Å²) in [6.07, 6.45) is -3.63. The maximum Gasteiger partial charge on any atom is 0.416 e. The van der Waals surface area contributed by atoms with E-state index in [-0.39, 0.29) is 30.3 Å². The highest BCUT2D eigenvalue weighted by atomic mass is 32.2. The Labute approximate surface area is 227 Å². The molecule has 0 radical (unpaired) electrons. The highest BCUT2D eigenvalue weighted by Gasteiger charge is 2.46. The van der Waals surface area contributed by atoms with Crippen LogP contribution in [-0.2, 0) is 15.8 Å². The van der Waals surface area contributed by atoms with Crippen LogP contribution < -0.4 is 4.90 Å². The molecule has 1 aliphatic carbocycles. The zero-order valence-electron chi connectivity index (χ0n) is 20.9. The van der Waals surface area contributed by atoms with Crippen molar-refractivity contribution in [2.45, 2.75) is 31.5 Å². The van der Waals surface area contributed by atoms with Gasteiger partial charge < -0.3 is 9.80 Å². The molecule has 3 amide bonds. The van der Waals surface area contributed by atoms with Crippen molar-refractivity contribution in [3.05, 3.63) is 76.5 Å². The first-order valence-corrected chi connectivity index (χ1v) is 13.7. The summed E-state index contributed by atoms with van der Waals surface area (Å²) in [5.74, 6) is 1.02. The molecule has 202 valence electrons. The van der Waals surface area contributed by atoms with E-state index in [9.17, 15) is 32.8 Å². The largest absolute Gasteiger partial charge is 0.416 e. The number of thioether (sulfide) groups is 1. The number of ketones is 1. The summed E-state index contributed by atoms with van der Waals surface area (Å²) in [7, 11) is 0. The fourth-order valence-electron chi connectivity index (χ4n) is 5.29. The molecule has 11 heteroatoms. The number of nitrogens with zero attached hydrogens (tertiary/aromatic N) is 4. The van der Waals surface area contributed by atoms with E-state index in [1.807, 2.05) is 6.07 Å². The zero-order valence-corrected chi connectivity index (χ0v) is 21.7. The second-order valence-corrected chi connectivity index (χ2v) is 10.8. The van der Waals surface area contributed by atoms with E-state index in [1.54, 1.807) is 40.9 Å². The van der Waals surface area contributed by atoms with Crippen LogP contribution in [0.5, 0.6) is 0 Å². The summed E-state index contributed by atoms with van der Waals surface area (Å²) in [5.41, 5.74) is 0.662. The van der Waals surface area contributed by atoms with Gasteiger partial charge in [-0.3, -0.25) is 14.5 Å². The van der Waals surface area contributed by atoms with Gasteiger partial charge in [-0.15, -0.1) is 0 Å². The molecule has 1 fully saturated rings. The van der Waals surface area contributed by atoms with Gasteiger partial charge in [-0.2, -0.15) is 30.2 Å². The van der Waals surface area contributed by atoms with Crippen molar-refractivity contribution in [1.29, 1.82) is 5.26 Å². The van der Waals surface area contributed by atoms with E-state index in [0.717, 1.165) is 23.6 Å². The van der Waals surface area contributed by atoms with E-state index < -0.39 is 23.8 Å². The van der Waals surface area contributed by atoms with Gasteiger partial charge in [0.25, 0.3) is 0 Å². The third-order valence-electron chi connectivity index (χ3n) is 7.18. The molecule has 7 nitrogen and oxygen atoms in total. The number of benzene rings is 2. The molecule has 0 aromatic heterocycles. The van der Waals surface area contributed by atoms with Crippen LogP contribution in [0.4, 0.5) is 23.7 Å². The van der Waals surface area contributed by atoms with E-state index in [2.05, 4.69) is 0 Å². The lowest BCUT2D eigenvalue weighted by Gasteiger charge is -2.45. The van der Waals surface area contributed by atoms with Gasteiger partial charge in [0.05, 0.1) is 28.9 Å². The van der Waals surface area contributed by atoms with Gasteiger partial charge in [-0.1, -0.05) is 18.2 Å². The Morgan fingerprint density at radius 2 is 1.77 bits per heavy atom. The predicted molar refractivity (Wildman–Crippen MR) is 140 cm³/mol. The summed E-state index contributed by atoms with van der Waals surface area (Å²) in [6, 6.07) is 11.4. The zero-order chi connectivity index (χ0) is 27.7. The third kappa shape index (κ3) is 5.26. The van der Waals surface area contributed by atoms with Gasteiger partial charge in [0.15, 0.2) is 5.78 Å². The SMILES string of the molecule is N#Cc1ccc(C2C3=C(CCCC3=O)N(c3cccc(C(F)(F)F)c3)C(=O)N2CC(=O)N2CCSCC2)cc1. The van der Waals surface area contributed by atoms with Crippen molar-refractivity contribution in [3.8, 4) is 6.07 Å². The third-order valence-corrected chi connectivity index (χ3v) is 8.12. The van der Waals surface area contributed by atoms with Crippen molar-refractivity contribution in [1.82, 2.24) is 9.80 Å². The lowest BCUT2D eigenvalue weighted by Crippen LogP contribution is -2.55. The molecular weight excluding hydrogens is 529 g/mol. The number of nitriles is 1. The van der Waals surface area contributed by atoms with Crippen molar-refractivity contribution in [3.63, 3.8) is 0 Å². The Bertz CT molecular complexity index is 1380. The molecule has 2 aromatic carbocycles. The molecule has 2 aliphatic heterocycles. The van der Waals surface area contributed by atoms with Gasteiger partial charge in [0.2, 0.25) is 5.91 Å². The minimum absolute atomic E-state index is 0.0119. The Kier molecular flexibility index (Phi) is 7.40. The number of urea groups is 1. The highest BCUT2D eigenvalue weighted by molar-refractivity contribution is 7.99. The molecular formula is C28H25F3N4O3S. The first-order chi connectivity index (χ1) is 18.7. The Morgan fingerprint density at radius 1 is 1.05 bits per heavy atom. The van der Waals surface area contributed by atoms with Crippen LogP contribution in [0.15, 0.2) is 59.8 Å². The van der Waals surface area contributed by atoms with E-state index in [4.69, 9.17) is 0 Å². The average molecular weight is 555 g/mol. The lowest BCUT2D eigenvalue weighted by molar-refractivity contribution is -0.137. The second kappa shape index (κ2) is 10.8. The number of halogens is 3. The molecule has 0 spiro atoms. The summed E-state index contributed by atoms with van der Waals surface area (Å²) >= 11 is 1.73. The monoisotopic (exact) mass is 554 g/mol. The lowest BCUT2D eigenvalue weighted by atomic mass is 9.83. The average Bonchev–Trinajstić information content (AvgIpc) is 2.94. The van der Waals surface area contributed by atoms with Crippen LogP contribution in [0, 0.1) is 11.3 Å². The molecule has 0 bridgehead atoms. The Balaban J connectivity index is 1.65. The van der Waals surface area contributed by atoms with Gasteiger partial charge in [-0.05, 0) is 48.7 Å². The maximum absolute atomic E-state index is 14.2. The van der Waals surface area contributed by atoms with Gasteiger partial charge in [0, 0.05) is 42.3 Å². The molecule has 1 saturated heterocycles. The van der Waals surface area contributed by atoms with Crippen LogP contribution in [0.3, 0.4) is 0 Å². The van der Waals surface area contributed by atoms with E-state index >= 15 is 0 Å². The van der Waals surface area contributed by atoms with E-state index in [1.165, 1.54) is 21.9 Å². The summed E-state index contributed by atoms with van der Waals surface area (Å²) in [4.78, 5) is 45.1. The number of Topliss-reactive ketones (excluding diaryl/α,β-unsaturated/α-hetero) is 1. The van der Waals surface area contributed by atoms with Crippen LogP contribution in [0.2, 0.25) is 0 Å². The van der Waals surface area contributed by atoms with E-state index in [0.29, 0.717) is 48.3 Å². The fraction of sp³-hybridized carbons (Fsp3) is 0.357. The predicted octanol–water partition coefficient (Wildman–Crippen LogP) is 5.14. The molecule has 2 heterocycles. The number of amides is 3. The fourth-order valence-corrected chi connectivity index (χ4v) is 6.19. The number of alkyl halides is 3. The van der Waals surface area contributed by atoms with Crippen molar-refractivity contribution in [2.24, 2.45) is 0 Å². The number of carbonyl (C=O) groups is 3. The normalized spacial score (nSPS) is 20.2. The number of allylic oxidation sites excluding steroid dienone is 1. The maximum atomic E-state index is 14.2. The molecule has 2 aromatic rings. The van der Waals surface area contributed by atoms with Crippen molar-refractivity contribution < 1.29 is 27.6 Å². The summed E-state index contributed by atoms with van der Waals surface area (Å²) < 4.78 is 40.7. The number of hydrogen-bond donors (Lipinski definition) is 0. The minimum Gasteiger partial charge on any atom is -0.340 e. The smallest absolute Gasteiger partial charge is 0.340 e. The van der Waals surface area contributed by atoms with Crippen LogP contribution in [0.25, 0.3) is 0 Å². The highest BCUT2D eigenvalue weighted by Crippen LogP contribution is 2.44. The number of rotatable bonds is 4. The molecule has 5 rings (SSSR count). The van der Waals surface area contributed by atoms with Gasteiger partial charge in [-0.25, -0.2) is 4.79 Å². The summed E-state index contributed by atoms with van der Waals surface area (Å²) in [6.45, 7) is 0.711. The van der Waals surface area contributed by atoms with Crippen LogP contribution in [-0.4, -0.2) is 58.7 Å². The standard InChI is InChI=1S/C28H25F3N4O3S/c29-28(30,31)20-3-1-4-21(15-20)35-22-5-2-6-23(36)25(22)26(19-9-7-18(16-32)8-10-19)34(27(35)38)17-24(37)33-11-13-39-14-12-33/h1,3-4,7-10,15,26H,2,5-6,11-14,17H2. The Morgan fingerprint density at radius 3 is 2.44 bits per heavy atom.